The lowest BCUT2D eigenvalue weighted by atomic mass is 10.0. The third-order valence-electron chi connectivity index (χ3n) is 2.70. The van der Waals surface area contributed by atoms with Crippen LogP contribution in [-0.2, 0) is 0 Å². The van der Waals surface area contributed by atoms with E-state index in [-0.39, 0.29) is 18.1 Å². The predicted octanol–water partition coefficient (Wildman–Crippen LogP) is 3.89. The van der Waals surface area contributed by atoms with Crippen LogP contribution in [0.1, 0.15) is 46.1 Å². The standard InChI is InChI=1S/C15H24ClNO2/c1-9(2)18-13-7-6-12(11(5)15(16)17)8-14(13)19-10(3)4/h6-11,15H,17H2,1-5H3. The summed E-state index contributed by atoms with van der Waals surface area (Å²) in [5.41, 5.74) is 6.37. The number of hydrogen-bond acceptors (Lipinski definition) is 3. The average molecular weight is 286 g/mol. The maximum absolute atomic E-state index is 5.95. The number of benzene rings is 1. The van der Waals surface area contributed by atoms with Crippen LogP contribution in [0.25, 0.3) is 0 Å². The van der Waals surface area contributed by atoms with Crippen LogP contribution < -0.4 is 15.2 Å². The Morgan fingerprint density at radius 3 is 1.95 bits per heavy atom. The van der Waals surface area contributed by atoms with Crippen molar-refractivity contribution in [2.45, 2.75) is 58.2 Å². The molecule has 0 radical (unpaired) electrons. The molecular weight excluding hydrogens is 262 g/mol. The number of rotatable bonds is 6. The van der Waals surface area contributed by atoms with E-state index >= 15 is 0 Å². The van der Waals surface area contributed by atoms with E-state index in [4.69, 9.17) is 26.8 Å². The van der Waals surface area contributed by atoms with Crippen LogP contribution >= 0.6 is 11.6 Å². The fraction of sp³-hybridized carbons (Fsp3) is 0.600. The summed E-state index contributed by atoms with van der Waals surface area (Å²) in [6, 6.07) is 5.87. The van der Waals surface area contributed by atoms with Crippen LogP contribution in [0.2, 0.25) is 0 Å². The molecule has 0 aliphatic carbocycles. The molecule has 19 heavy (non-hydrogen) atoms. The fourth-order valence-electron chi connectivity index (χ4n) is 1.69. The number of ether oxygens (including phenoxy) is 2. The molecule has 0 aliphatic heterocycles. The number of hydrogen-bond donors (Lipinski definition) is 1. The van der Waals surface area contributed by atoms with Crippen LogP contribution in [0.5, 0.6) is 11.5 Å². The summed E-state index contributed by atoms with van der Waals surface area (Å²) in [5.74, 6) is 1.55. The number of halogens is 1. The van der Waals surface area contributed by atoms with Crippen molar-refractivity contribution in [3.63, 3.8) is 0 Å². The van der Waals surface area contributed by atoms with Crippen molar-refractivity contribution in [3.8, 4) is 11.5 Å². The summed E-state index contributed by atoms with van der Waals surface area (Å²) in [4.78, 5) is 0. The molecule has 1 aromatic rings. The lowest BCUT2D eigenvalue weighted by molar-refractivity contribution is 0.198. The van der Waals surface area contributed by atoms with Crippen LogP contribution in [-0.4, -0.2) is 17.7 Å². The summed E-state index contributed by atoms with van der Waals surface area (Å²) < 4.78 is 11.6. The number of nitrogens with two attached hydrogens (primary N) is 1. The molecule has 0 saturated heterocycles. The third-order valence-corrected chi connectivity index (χ3v) is 3.07. The summed E-state index contributed by atoms with van der Waals surface area (Å²) >= 11 is 5.95. The van der Waals surface area contributed by atoms with Gasteiger partial charge in [0.25, 0.3) is 0 Å². The quantitative estimate of drug-likeness (QED) is 0.637. The Labute approximate surface area is 121 Å². The van der Waals surface area contributed by atoms with E-state index in [9.17, 15) is 0 Å². The van der Waals surface area contributed by atoms with Gasteiger partial charge in [-0.25, -0.2) is 0 Å². The van der Waals surface area contributed by atoms with Crippen molar-refractivity contribution in [1.82, 2.24) is 0 Å². The van der Waals surface area contributed by atoms with E-state index in [1.54, 1.807) is 0 Å². The predicted molar refractivity (Wildman–Crippen MR) is 80.2 cm³/mol. The first-order chi connectivity index (χ1) is 8.81. The van der Waals surface area contributed by atoms with Gasteiger partial charge in [0.1, 0.15) is 0 Å². The first-order valence-electron chi connectivity index (χ1n) is 6.68. The Morgan fingerprint density at radius 1 is 0.947 bits per heavy atom. The zero-order valence-electron chi connectivity index (χ0n) is 12.3. The van der Waals surface area contributed by atoms with Crippen LogP contribution in [0.15, 0.2) is 18.2 Å². The highest BCUT2D eigenvalue weighted by atomic mass is 35.5. The molecule has 0 amide bonds. The van der Waals surface area contributed by atoms with Gasteiger partial charge in [-0.3, -0.25) is 0 Å². The van der Waals surface area contributed by atoms with Crippen molar-refractivity contribution >= 4 is 11.6 Å². The summed E-state index contributed by atoms with van der Waals surface area (Å²) in [5, 5.41) is 0. The van der Waals surface area contributed by atoms with E-state index in [1.165, 1.54) is 0 Å². The second-order valence-electron chi connectivity index (χ2n) is 5.27. The van der Waals surface area contributed by atoms with Gasteiger partial charge >= 0.3 is 0 Å². The topological polar surface area (TPSA) is 44.5 Å². The van der Waals surface area contributed by atoms with Gasteiger partial charge in [-0.2, -0.15) is 0 Å². The Hall–Kier alpha value is -0.930. The van der Waals surface area contributed by atoms with Crippen LogP contribution in [0, 0.1) is 0 Å². The normalized spacial score (nSPS) is 14.6. The molecule has 2 unspecified atom stereocenters. The third kappa shape index (κ3) is 4.92. The van der Waals surface area contributed by atoms with Crippen LogP contribution in [0.4, 0.5) is 0 Å². The second kappa shape index (κ2) is 7.01. The van der Waals surface area contributed by atoms with Crippen molar-refractivity contribution in [1.29, 1.82) is 0 Å². The Bertz CT molecular complexity index is 405. The van der Waals surface area contributed by atoms with Crippen molar-refractivity contribution in [2.24, 2.45) is 5.73 Å². The van der Waals surface area contributed by atoms with E-state index in [0.717, 1.165) is 17.1 Å². The molecule has 108 valence electrons. The zero-order chi connectivity index (χ0) is 14.6. The smallest absolute Gasteiger partial charge is 0.161 e. The average Bonchev–Trinajstić information content (AvgIpc) is 2.29. The molecular formula is C15H24ClNO2. The lowest BCUT2D eigenvalue weighted by Gasteiger charge is -2.20. The SMILES string of the molecule is CC(C)Oc1ccc(C(C)C(N)Cl)cc1OC(C)C. The second-order valence-corrected chi connectivity index (χ2v) is 5.78. The highest BCUT2D eigenvalue weighted by molar-refractivity contribution is 6.20. The van der Waals surface area contributed by atoms with Crippen molar-refractivity contribution < 1.29 is 9.47 Å². The molecule has 0 spiro atoms. The van der Waals surface area contributed by atoms with Crippen molar-refractivity contribution in [2.75, 3.05) is 0 Å². The molecule has 3 nitrogen and oxygen atoms in total. The van der Waals surface area contributed by atoms with E-state index in [1.807, 2.05) is 52.8 Å². The lowest BCUT2D eigenvalue weighted by Crippen LogP contribution is -2.20. The van der Waals surface area contributed by atoms with Gasteiger partial charge in [0, 0.05) is 5.92 Å². The molecule has 0 bridgehead atoms. The van der Waals surface area contributed by atoms with E-state index in [0.29, 0.717) is 0 Å². The van der Waals surface area contributed by atoms with Gasteiger partial charge in [-0.1, -0.05) is 13.0 Å². The molecule has 0 saturated carbocycles. The molecule has 0 fully saturated rings. The largest absolute Gasteiger partial charge is 0.487 e. The van der Waals surface area contributed by atoms with Gasteiger partial charge in [0.15, 0.2) is 11.5 Å². The monoisotopic (exact) mass is 285 g/mol. The molecule has 0 aromatic heterocycles. The van der Waals surface area contributed by atoms with E-state index < -0.39 is 5.50 Å². The Kier molecular flexibility index (Phi) is 5.95. The van der Waals surface area contributed by atoms with Gasteiger partial charge in [0.2, 0.25) is 0 Å². The van der Waals surface area contributed by atoms with Gasteiger partial charge in [0.05, 0.1) is 17.7 Å². The minimum Gasteiger partial charge on any atom is -0.487 e. The first-order valence-corrected chi connectivity index (χ1v) is 7.11. The summed E-state index contributed by atoms with van der Waals surface area (Å²) in [7, 11) is 0. The molecule has 0 aliphatic rings. The molecule has 0 heterocycles. The fourth-order valence-corrected chi connectivity index (χ4v) is 1.83. The Balaban J connectivity index is 3.07. The Morgan fingerprint density at radius 2 is 1.47 bits per heavy atom. The summed E-state index contributed by atoms with van der Waals surface area (Å²) in [6.45, 7) is 9.95. The minimum absolute atomic E-state index is 0.0595. The van der Waals surface area contributed by atoms with Crippen molar-refractivity contribution in [3.05, 3.63) is 23.8 Å². The minimum atomic E-state index is -0.413. The van der Waals surface area contributed by atoms with Gasteiger partial charge < -0.3 is 15.2 Å². The maximum atomic E-state index is 5.95. The first kappa shape index (κ1) is 16.1. The van der Waals surface area contributed by atoms with Gasteiger partial charge in [-0.15, -0.1) is 11.6 Å². The zero-order valence-corrected chi connectivity index (χ0v) is 13.1. The molecule has 2 atom stereocenters. The number of alkyl halides is 1. The summed E-state index contributed by atoms with van der Waals surface area (Å²) in [6.07, 6.45) is 0.192. The van der Waals surface area contributed by atoms with Crippen LogP contribution in [0.3, 0.4) is 0 Å². The molecule has 1 aromatic carbocycles. The molecule has 4 heteroatoms. The highest BCUT2D eigenvalue weighted by Crippen LogP contribution is 2.33. The van der Waals surface area contributed by atoms with E-state index in [2.05, 4.69) is 0 Å². The maximum Gasteiger partial charge on any atom is 0.161 e. The highest BCUT2D eigenvalue weighted by Gasteiger charge is 2.16. The molecule has 1 rings (SSSR count). The molecule has 2 N–H and O–H groups in total. The van der Waals surface area contributed by atoms with Gasteiger partial charge in [-0.05, 0) is 45.4 Å².